The van der Waals surface area contributed by atoms with Crippen molar-refractivity contribution in [3.05, 3.63) is 53.6 Å². The van der Waals surface area contributed by atoms with Crippen LogP contribution < -0.4 is 4.74 Å². The second-order valence-corrected chi connectivity index (χ2v) is 8.04. The second kappa shape index (κ2) is 8.15. The van der Waals surface area contributed by atoms with Crippen molar-refractivity contribution in [3.63, 3.8) is 0 Å². The molecule has 6 heteroatoms. The zero-order valence-electron chi connectivity index (χ0n) is 17.5. The molecule has 0 aromatic heterocycles. The normalized spacial score (nSPS) is 16.0. The Bertz CT molecular complexity index is 916. The number of esters is 1. The van der Waals surface area contributed by atoms with Gasteiger partial charge in [-0.3, -0.25) is 4.90 Å². The van der Waals surface area contributed by atoms with Gasteiger partial charge in [0.2, 0.25) is 0 Å². The Kier molecular flexibility index (Phi) is 5.82. The summed E-state index contributed by atoms with van der Waals surface area (Å²) in [4.78, 5) is 26.6. The molecule has 2 aromatic carbocycles. The molecular weight excluding hydrogens is 370 g/mol. The summed E-state index contributed by atoms with van der Waals surface area (Å²) >= 11 is 0. The highest BCUT2D eigenvalue weighted by Gasteiger charge is 2.37. The van der Waals surface area contributed by atoms with Crippen molar-refractivity contribution in [1.29, 1.82) is 0 Å². The van der Waals surface area contributed by atoms with Gasteiger partial charge in [-0.2, -0.15) is 0 Å². The molecule has 29 heavy (non-hydrogen) atoms. The minimum atomic E-state index is -0.727. The zero-order chi connectivity index (χ0) is 21.2. The van der Waals surface area contributed by atoms with Crippen LogP contribution in [-0.4, -0.2) is 42.8 Å². The number of fused-ring (bicyclic) bond motifs is 1. The largest absolute Gasteiger partial charge is 0.496 e. The van der Waals surface area contributed by atoms with Crippen LogP contribution in [0.15, 0.2) is 42.5 Å². The van der Waals surface area contributed by atoms with Gasteiger partial charge in [0.25, 0.3) is 0 Å². The molecule has 0 N–H and O–H groups in total. The van der Waals surface area contributed by atoms with E-state index < -0.39 is 23.7 Å². The van der Waals surface area contributed by atoms with E-state index in [4.69, 9.17) is 14.2 Å². The lowest BCUT2D eigenvalue weighted by atomic mass is 9.90. The fourth-order valence-electron chi connectivity index (χ4n) is 3.49. The maximum Gasteiger partial charge on any atom is 0.411 e. The standard InChI is InChI=1S/C23H27NO5/c1-23(2,3)29-22(26)24-14-16-11-10-15(18-8-6-7-9-20(18)27-4)12-17(16)13-19(24)21(25)28-5/h6-12,19H,13-14H2,1-5H3. The van der Waals surface area contributed by atoms with Crippen LogP contribution in [0.25, 0.3) is 11.1 Å². The number of nitrogens with zero attached hydrogens (tertiary/aromatic N) is 1. The number of hydrogen-bond donors (Lipinski definition) is 0. The van der Waals surface area contributed by atoms with Gasteiger partial charge >= 0.3 is 12.1 Å². The van der Waals surface area contributed by atoms with Gasteiger partial charge < -0.3 is 14.2 Å². The highest BCUT2D eigenvalue weighted by Crippen LogP contribution is 2.34. The number of rotatable bonds is 3. The van der Waals surface area contributed by atoms with Gasteiger partial charge in [0.05, 0.1) is 20.8 Å². The van der Waals surface area contributed by atoms with Crippen LogP contribution in [0, 0.1) is 0 Å². The highest BCUT2D eigenvalue weighted by molar-refractivity contribution is 5.83. The van der Waals surface area contributed by atoms with Crippen LogP contribution in [0.5, 0.6) is 5.75 Å². The van der Waals surface area contributed by atoms with E-state index in [2.05, 4.69) is 6.07 Å². The number of carbonyl (C=O) groups excluding carboxylic acids is 2. The molecule has 2 aromatic rings. The van der Waals surface area contributed by atoms with E-state index in [1.165, 1.54) is 12.0 Å². The van der Waals surface area contributed by atoms with Crippen molar-refractivity contribution in [2.75, 3.05) is 14.2 Å². The molecule has 1 amide bonds. The first-order valence-corrected chi connectivity index (χ1v) is 9.56. The lowest BCUT2D eigenvalue weighted by Crippen LogP contribution is -2.50. The van der Waals surface area contributed by atoms with E-state index in [9.17, 15) is 9.59 Å². The van der Waals surface area contributed by atoms with E-state index in [1.807, 2.05) is 36.4 Å². The molecule has 1 aliphatic heterocycles. The fourth-order valence-corrected chi connectivity index (χ4v) is 3.49. The number of carbonyl (C=O) groups is 2. The number of hydrogen-bond acceptors (Lipinski definition) is 5. The van der Waals surface area contributed by atoms with Gasteiger partial charge in [-0.1, -0.05) is 36.4 Å². The molecule has 6 nitrogen and oxygen atoms in total. The Hall–Kier alpha value is -3.02. The Balaban J connectivity index is 1.96. The first kappa shape index (κ1) is 20.7. The summed E-state index contributed by atoms with van der Waals surface area (Å²) in [6, 6.07) is 13.1. The summed E-state index contributed by atoms with van der Waals surface area (Å²) in [5.74, 6) is 0.326. The molecule has 0 radical (unpaired) electrons. The third-order valence-corrected chi connectivity index (χ3v) is 4.86. The smallest absolute Gasteiger partial charge is 0.411 e. The third-order valence-electron chi connectivity index (χ3n) is 4.86. The lowest BCUT2D eigenvalue weighted by molar-refractivity contribution is -0.147. The molecule has 1 unspecified atom stereocenters. The number of ether oxygens (including phenoxy) is 3. The summed E-state index contributed by atoms with van der Waals surface area (Å²) in [6.07, 6.45) is -0.156. The third kappa shape index (κ3) is 4.53. The van der Waals surface area contributed by atoms with Crippen molar-refractivity contribution in [3.8, 4) is 16.9 Å². The first-order chi connectivity index (χ1) is 13.7. The fraction of sp³-hybridized carbons (Fsp3) is 0.391. The van der Waals surface area contributed by atoms with Crippen LogP contribution in [0.3, 0.4) is 0 Å². The summed E-state index contributed by atoms with van der Waals surface area (Å²) in [5, 5.41) is 0. The van der Waals surface area contributed by atoms with Crippen LogP contribution in [0.2, 0.25) is 0 Å². The Morgan fingerprint density at radius 2 is 1.76 bits per heavy atom. The van der Waals surface area contributed by atoms with Crippen LogP contribution in [0.1, 0.15) is 31.9 Å². The molecule has 3 rings (SSSR count). The molecule has 0 saturated carbocycles. The van der Waals surface area contributed by atoms with Gasteiger partial charge in [-0.15, -0.1) is 0 Å². The van der Waals surface area contributed by atoms with E-state index in [0.717, 1.165) is 28.0 Å². The molecule has 0 spiro atoms. The Morgan fingerprint density at radius 1 is 1.03 bits per heavy atom. The van der Waals surface area contributed by atoms with Gasteiger partial charge in [0, 0.05) is 12.0 Å². The zero-order valence-corrected chi connectivity index (χ0v) is 17.5. The number of para-hydroxylation sites is 1. The van der Waals surface area contributed by atoms with Crippen LogP contribution in [-0.2, 0) is 27.2 Å². The minimum Gasteiger partial charge on any atom is -0.496 e. The molecular formula is C23H27NO5. The Morgan fingerprint density at radius 3 is 2.41 bits per heavy atom. The van der Waals surface area contributed by atoms with Crippen molar-refractivity contribution >= 4 is 12.1 Å². The van der Waals surface area contributed by atoms with E-state index >= 15 is 0 Å². The summed E-state index contributed by atoms with van der Waals surface area (Å²) in [7, 11) is 2.97. The van der Waals surface area contributed by atoms with Gasteiger partial charge in [-0.05, 0) is 43.5 Å². The second-order valence-electron chi connectivity index (χ2n) is 8.04. The maximum atomic E-state index is 12.7. The van der Waals surface area contributed by atoms with E-state index in [1.54, 1.807) is 27.9 Å². The Labute approximate surface area is 171 Å². The number of amides is 1. The minimum absolute atomic E-state index is 0.288. The molecule has 0 aliphatic carbocycles. The first-order valence-electron chi connectivity index (χ1n) is 9.56. The van der Waals surface area contributed by atoms with E-state index in [0.29, 0.717) is 6.42 Å². The summed E-state index contributed by atoms with van der Waals surface area (Å²) in [5.41, 5.74) is 3.31. The predicted molar refractivity (Wildman–Crippen MR) is 110 cm³/mol. The quantitative estimate of drug-likeness (QED) is 0.727. The van der Waals surface area contributed by atoms with Gasteiger partial charge in [0.15, 0.2) is 0 Å². The molecule has 0 bridgehead atoms. The molecule has 0 fully saturated rings. The lowest BCUT2D eigenvalue weighted by Gasteiger charge is -2.36. The molecule has 1 atom stereocenters. The van der Waals surface area contributed by atoms with Crippen molar-refractivity contribution in [2.45, 2.75) is 45.4 Å². The maximum absolute atomic E-state index is 12.7. The molecule has 1 aliphatic rings. The average molecular weight is 397 g/mol. The number of benzene rings is 2. The van der Waals surface area contributed by atoms with E-state index in [-0.39, 0.29) is 6.54 Å². The molecule has 154 valence electrons. The predicted octanol–water partition coefficient (Wildman–Crippen LogP) is 4.20. The number of methoxy groups -OCH3 is 2. The van der Waals surface area contributed by atoms with Gasteiger partial charge in [-0.25, -0.2) is 9.59 Å². The van der Waals surface area contributed by atoms with Crippen molar-refractivity contribution < 1.29 is 23.8 Å². The van der Waals surface area contributed by atoms with Crippen LogP contribution in [0.4, 0.5) is 4.79 Å². The van der Waals surface area contributed by atoms with Crippen molar-refractivity contribution in [1.82, 2.24) is 4.90 Å². The summed E-state index contributed by atoms with van der Waals surface area (Å²) < 4.78 is 15.9. The monoisotopic (exact) mass is 397 g/mol. The average Bonchev–Trinajstić information content (AvgIpc) is 2.70. The summed E-state index contributed by atoms with van der Waals surface area (Å²) in [6.45, 7) is 5.69. The van der Waals surface area contributed by atoms with Gasteiger partial charge in [0.1, 0.15) is 17.4 Å². The highest BCUT2D eigenvalue weighted by atomic mass is 16.6. The van der Waals surface area contributed by atoms with Crippen molar-refractivity contribution in [2.24, 2.45) is 0 Å². The SMILES string of the molecule is COC(=O)C1Cc2cc(-c3ccccc3OC)ccc2CN1C(=O)OC(C)(C)C. The molecule has 1 heterocycles. The molecule has 0 saturated heterocycles. The van der Waals surface area contributed by atoms with Crippen LogP contribution >= 0.6 is 0 Å². The topological polar surface area (TPSA) is 65.1 Å².